The molecule has 0 aliphatic carbocycles. The zero-order chi connectivity index (χ0) is 12.1. The van der Waals surface area contributed by atoms with Crippen LogP contribution in [0.2, 0.25) is 0 Å². The summed E-state index contributed by atoms with van der Waals surface area (Å²) >= 11 is 4.97. The molecule has 0 spiro atoms. The minimum absolute atomic E-state index is 0.275. The van der Waals surface area contributed by atoms with Crippen molar-refractivity contribution in [3.05, 3.63) is 29.6 Å². The number of nitrogens with one attached hydrogen (secondary N) is 2. The summed E-state index contributed by atoms with van der Waals surface area (Å²) in [5.41, 5.74) is 1.18. The second-order valence-corrected chi connectivity index (χ2v) is 4.06. The number of anilines is 1. The largest absolute Gasteiger partial charge is 0.392 e. The molecular formula is C11H15FN2OS. The van der Waals surface area contributed by atoms with E-state index in [9.17, 15) is 4.39 Å². The normalized spacial score (nSPS) is 12.0. The van der Waals surface area contributed by atoms with Crippen LogP contribution < -0.4 is 10.6 Å². The van der Waals surface area contributed by atoms with Crippen LogP contribution in [0.3, 0.4) is 0 Å². The van der Waals surface area contributed by atoms with Gasteiger partial charge in [0.1, 0.15) is 5.82 Å². The molecule has 0 heterocycles. The Morgan fingerprint density at radius 3 is 2.81 bits per heavy atom. The number of thiocarbonyl (C=S) groups is 1. The average molecular weight is 242 g/mol. The lowest BCUT2D eigenvalue weighted by atomic mass is 10.2. The highest BCUT2D eigenvalue weighted by Gasteiger charge is 2.02. The maximum absolute atomic E-state index is 13.2. The molecule has 0 amide bonds. The van der Waals surface area contributed by atoms with Gasteiger partial charge in [0.25, 0.3) is 0 Å². The minimum atomic E-state index is -0.477. The van der Waals surface area contributed by atoms with Gasteiger partial charge in [-0.15, -0.1) is 0 Å². The van der Waals surface area contributed by atoms with E-state index in [0.717, 1.165) is 0 Å². The number of halogens is 1. The van der Waals surface area contributed by atoms with Crippen molar-refractivity contribution in [2.45, 2.75) is 20.0 Å². The van der Waals surface area contributed by atoms with Crippen molar-refractivity contribution in [2.75, 3.05) is 11.9 Å². The summed E-state index contributed by atoms with van der Waals surface area (Å²) < 4.78 is 13.2. The van der Waals surface area contributed by atoms with Gasteiger partial charge >= 0.3 is 0 Å². The number of hydrogen-bond acceptors (Lipinski definition) is 2. The molecule has 0 saturated heterocycles. The molecule has 0 aliphatic rings. The molecule has 88 valence electrons. The summed E-state index contributed by atoms with van der Waals surface area (Å²) in [4.78, 5) is 0. The van der Waals surface area contributed by atoms with Gasteiger partial charge in [-0.1, -0.05) is 6.07 Å². The molecule has 3 N–H and O–H groups in total. The first-order valence-electron chi connectivity index (χ1n) is 4.98. The Morgan fingerprint density at radius 1 is 1.56 bits per heavy atom. The molecule has 0 aliphatic heterocycles. The third-order valence-corrected chi connectivity index (χ3v) is 2.23. The molecule has 1 aromatic rings. The Labute approximate surface area is 99.7 Å². The molecule has 3 nitrogen and oxygen atoms in total. The summed E-state index contributed by atoms with van der Waals surface area (Å²) in [6, 6.07) is 4.80. The van der Waals surface area contributed by atoms with E-state index in [0.29, 0.717) is 22.9 Å². The first-order chi connectivity index (χ1) is 7.49. The minimum Gasteiger partial charge on any atom is -0.392 e. The molecule has 1 aromatic carbocycles. The molecule has 0 saturated carbocycles. The predicted molar refractivity (Wildman–Crippen MR) is 67.0 cm³/mol. The van der Waals surface area contributed by atoms with Gasteiger partial charge in [-0.3, -0.25) is 0 Å². The topological polar surface area (TPSA) is 44.3 Å². The van der Waals surface area contributed by atoms with Crippen LogP contribution in [0.15, 0.2) is 18.2 Å². The lowest BCUT2D eigenvalue weighted by molar-refractivity contribution is 0.198. The summed E-state index contributed by atoms with van der Waals surface area (Å²) in [6.07, 6.45) is -0.477. The number of rotatable bonds is 3. The lowest BCUT2D eigenvalue weighted by Crippen LogP contribution is -2.33. The number of aryl methyl sites for hydroxylation is 1. The molecule has 1 atom stereocenters. The molecule has 1 rings (SSSR count). The van der Waals surface area contributed by atoms with E-state index in [1.165, 1.54) is 6.07 Å². The van der Waals surface area contributed by atoms with Crippen molar-refractivity contribution < 1.29 is 9.50 Å². The SMILES string of the molecule is Cc1ccc(NC(=S)NC[C@H](C)O)cc1F. The van der Waals surface area contributed by atoms with Gasteiger partial charge in [0.15, 0.2) is 5.11 Å². The summed E-state index contributed by atoms with van der Waals surface area (Å²) in [6.45, 7) is 3.71. The predicted octanol–water partition coefficient (Wildman–Crippen LogP) is 1.80. The van der Waals surface area contributed by atoms with E-state index in [1.807, 2.05) is 0 Å². The van der Waals surface area contributed by atoms with Crippen molar-refractivity contribution in [1.82, 2.24) is 5.32 Å². The van der Waals surface area contributed by atoms with Crippen molar-refractivity contribution in [3.8, 4) is 0 Å². The van der Waals surface area contributed by atoms with E-state index in [2.05, 4.69) is 10.6 Å². The zero-order valence-corrected chi connectivity index (χ0v) is 10.1. The van der Waals surface area contributed by atoms with Crippen LogP contribution in [0.4, 0.5) is 10.1 Å². The van der Waals surface area contributed by atoms with Gasteiger partial charge in [0, 0.05) is 12.2 Å². The third-order valence-electron chi connectivity index (χ3n) is 1.99. The second kappa shape index (κ2) is 5.77. The molecule has 0 unspecified atom stereocenters. The number of hydrogen-bond donors (Lipinski definition) is 3. The molecule has 16 heavy (non-hydrogen) atoms. The summed E-state index contributed by atoms with van der Waals surface area (Å²) in [5.74, 6) is -0.275. The fraction of sp³-hybridized carbons (Fsp3) is 0.364. The maximum atomic E-state index is 13.2. The Hall–Kier alpha value is -1.20. The standard InChI is InChI=1S/C11H15FN2OS/c1-7-3-4-9(5-10(7)12)14-11(16)13-6-8(2)15/h3-5,8,15H,6H2,1-2H3,(H2,13,14,16)/t8-/m0/s1. The summed E-state index contributed by atoms with van der Waals surface area (Å²) in [7, 11) is 0. The molecule has 5 heteroatoms. The van der Waals surface area contributed by atoms with Gasteiger partial charge in [0.2, 0.25) is 0 Å². The fourth-order valence-electron chi connectivity index (χ4n) is 1.09. The highest BCUT2D eigenvalue weighted by Crippen LogP contribution is 2.13. The fourth-order valence-corrected chi connectivity index (χ4v) is 1.29. The maximum Gasteiger partial charge on any atom is 0.170 e. The number of aliphatic hydroxyl groups is 1. The van der Waals surface area contributed by atoms with Gasteiger partial charge in [-0.25, -0.2) is 4.39 Å². The van der Waals surface area contributed by atoms with Crippen LogP contribution in [-0.2, 0) is 0 Å². The van der Waals surface area contributed by atoms with Crippen LogP contribution in [-0.4, -0.2) is 22.9 Å². The Bertz CT molecular complexity index is 382. The molecule has 0 fully saturated rings. The van der Waals surface area contributed by atoms with Crippen LogP contribution in [0, 0.1) is 12.7 Å². The third kappa shape index (κ3) is 4.12. The average Bonchev–Trinajstić information content (AvgIpc) is 2.21. The highest BCUT2D eigenvalue weighted by molar-refractivity contribution is 7.80. The Balaban J connectivity index is 2.53. The summed E-state index contributed by atoms with van der Waals surface area (Å²) in [5, 5.41) is 15.0. The van der Waals surface area contributed by atoms with E-state index in [1.54, 1.807) is 26.0 Å². The van der Waals surface area contributed by atoms with Crippen molar-refractivity contribution >= 4 is 23.0 Å². The van der Waals surface area contributed by atoms with Crippen LogP contribution >= 0.6 is 12.2 Å². The molecule has 0 radical (unpaired) electrons. The molecule has 0 bridgehead atoms. The Kier molecular flexibility index (Phi) is 4.64. The van der Waals surface area contributed by atoms with Crippen molar-refractivity contribution in [2.24, 2.45) is 0 Å². The van der Waals surface area contributed by atoms with E-state index >= 15 is 0 Å². The quantitative estimate of drug-likeness (QED) is 0.707. The molecule has 0 aromatic heterocycles. The highest BCUT2D eigenvalue weighted by atomic mass is 32.1. The lowest BCUT2D eigenvalue weighted by Gasteiger charge is -2.12. The van der Waals surface area contributed by atoms with Crippen LogP contribution in [0.25, 0.3) is 0 Å². The van der Waals surface area contributed by atoms with Gasteiger partial charge in [0.05, 0.1) is 6.10 Å². The van der Waals surface area contributed by atoms with Crippen molar-refractivity contribution in [1.29, 1.82) is 0 Å². The van der Waals surface area contributed by atoms with E-state index in [4.69, 9.17) is 17.3 Å². The smallest absolute Gasteiger partial charge is 0.170 e. The Morgan fingerprint density at radius 2 is 2.25 bits per heavy atom. The van der Waals surface area contributed by atoms with Crippen LogP contribution in [0.1, 0.15) is 12.5 Å². The van der Waals surface area contributed by atoms with E-state index < -0.39 is 6.10 Å². The van der Waals surface area contributed by atoms with Crippen LogP contribution in [0.5, 0.6) is 0 Å². The first kappa shape index (κ1) is 12.9. The molecular weight excluding hydrogens is 227 g/mol. The first-order valence-corrected chi connectivity index (χ1v) is 5.39. The number of aliphatic hydroxyl groups excluding tert-OH is 1. The van der Waals surface area contributed by atoms with Crippen molar-refractivity contribution in [3.63, 3.8) is 0 Å². The van der Waals surface area contributed by atoms with Gasteiger partial charge in [-0.05, 0) is 43.8 Å². The monoisotopic (exact) mass is 242 g/mol. The van der Waals surface area contributed by atoms with Gasteiger partial charge in [-0.2, -0.15) is 0 Å². The van der Waals surface area contributed by atoms with E-state index in [-0.39, 0.29) is 5.82 Å². The second-order valence-electron chi connectivity index (χ2n) is 3.65. The number of benzene rings is 1. The van der Waals surface area contributed by atoms with Gasteiger partial charge < -0.3 is 15.7 Å². The zero-order valence-electron chi connectivity index (χ0n) is 9.25.